The SMILES string of the molecule is N=C(c1cc(Cl)c(Cl)cc1O)C1CCN(C(=O)[C@@H]2OCC[C@@H]2O)CC1. The van der Waals surface area contributed by atoms with Crippen LogP contribution < -0.4 is 0 Å². The molecule has 3 N–H and O–H groups in total. The maximum Gasteiger partial charge on any atom is 0.254 e. The fourth-order valence-corrected chi connectivity index (χ4v) is 3.68. The first-order valence-electron chi connectivity index (χ1n) is 8.23. The molecule has 1 aromatic carbocycles. The highest BCUT2D eigenvalue weighted by Gasteiger charge is 2.37. The number of carbonyl (C=O) groups excluding carboxylic acids is 1. The second kappa shape index (κ2) is 7.50. The molecule has 1 aromatic rings. The molecule has 1 amide bonds. The van der Waals surface area contributed by atoms with Gasteiger partial charge in [-0.25, -0.2) is 0 Å². The quantitative estimate of drug-likeness (QED) is 0.695. The molecule has 2 saturated heterocycles. The van der Waals surface area contributed by atoms with Gasteiger partial charge < -0.3 is 25.3 Å². The molecule has 25 heavy (non-hydrogen) atoms. The summed E-state index contributed by atoms with van der Waals surface area (Å²) in [5, 5.41) is 28.7. The Labute approximate surface area is 155 Å². The van der Waals surface area contributed by atoms with Crippen molar-refractivity contribution in [1.82, 2.24) is 4.90 Å². The lowest BCUT2D eigenvalue weighted by Crippen LogP contribution is -2.47. The number of nitrogens with zero attached hydrogens (tertiary/aromatic N) is 1. The predicted octanol–water partition coefficient (Wildman–Crippen LogP) is 2.46. The average molecular weight is 387 g/mol. The van der Waals surface area contributed by atoms with Gasteiger partial charge in [0.2, 0.25) is 0 Å². The van der Waals surface area contributed by atoms with E-state index in [1.54, 1.807) is 4.90 Å². The summed E-state index contributed by atoms with van der Waals surface area (Å²) in [6.45, 7) is 1.37. The third-order valence-electron chi connectivity index (χ3n) is 4.85. The number of aliphatic hydroxyl groups is 1. The van der Waals surface area contributed by atoms with Gasteiger partial charge in [-0.1, -0.05) is 23.2 Å². The first-order valence-corrected chi connectivity index (χ1v) is 8.99. The Morgan fingerprint density at radius 2 is 1.84 bits per heavy atom. The molecular formula is C17H20Cl2N2O4. The van der Waals surface area contributed by atoms with Crippen molar-refractivity contribution < 1.29 is 19.7 Å². The molecule has 2 aliphatic heterocycles. The molecule has 0 aromatic heterocycles. The first kappa shape index (κ1) is 18.5. The van der Waals surface area contributed by atoms with Gasteiger partial charge in [-0.3, -0.25) is 4.79 Å². The molecule has 0 unspecified atom stereocenters. The summed E-state index contributed by atoms with van der Waals surface area (Å²) in [6.07, 6.45) is 0.181. The zero-order chi connectivity index (χ0) is 18.1. The highest BCUT2D eigenvalue weighted by Crippen LogP contribution is 2.33. The van der Waals surface area contributed by atoms with Crippen LogP contribution in [0.15, 0.2) is 12.1 Å². The fraction of sp³-hybridized carbons (Fsp3) is 0.529. The lowest BCUT2D eigenvalue weighted by molar-refractivity contribution is -0.145. The van der Waals surface area contributed by atoms with E-state index in [0.29, 0.717) is 55.3 Å². The minimum absolute atomic E-state index is 0.0691. The second-order valence-electron chi connectivity index (χ2n) is 6.44. The number of hydrogen-bond acceptors (Lipinski definition) is 5. The number of likely N-dealkylation sites (tertiary alicyclic amines) is 1. The van der Waals surface area contributed by atoms with Gasteiger partial charge in [0.05, 0.1) is 22.8 Å². The highest BCUT2D eigenvalue weighted by molar-refractivity contribution is 6.42. The zero-order valence-electron chi connectivity index (χ0n) is 13.5. The molecule has 6 nitrogen and oxygen atoms in total. The van der Waals surface area contributed by atoms with E-state index in [1.807, 2.05) is 0 Å². The van der Waals surface area contributed by atoms with E-state index in [-0.39, 0.29) is 22.6 Å². The Bertz CT molecular complexity index is 689. The number of phenolic OH excluding ortho intramolecular Hbond substituents is 1. The molecule has 0 saturated carbocycles. The molecule has 0 bridgehead atoms. The Morgan fingerprint density at radius 1 is 1.20 bits per heavy atom. The summed E-state index contributed by atoms with van der Waals surface area (Å²) in [5.41, 5.74) is 0.661. The molecule has 0 aliphatic carbocycles. The monoisotopic (exact) mass is 386 g/mol. The van der Waals surface area contributed by atoms with Crippen molar-refractivity contribution >= 4 is 34.8 Å². The summed E-state index contributed by atoms with van der Waals surface area (Å²) >= 11 is 11.9. The summed E-state index contributed by atoms with van der Waals surface area (Å²) in [6, 6.07) is 2.84. The molecule has 136 valence electrons. The summed E-state index contributed by atoms with van der Waals surface area (Å²) in [5.74, 6) is -0.339. The zero-order valence-corrected chi connectivity index (χ0v) is 15.1. The van der Waals surface area contributed by atoms with Crippen LogP contribution in [0.2, 0.25) is 10.0 Å². The van der Waals surface area contributed by atoms with Crippen LogP contribution in [0.4, 0.5) is 0 Å². The summed E-state index contributed by atoms with van der Waals surface area (Å²) in [7, 11) is 0. The normalized spacial score (nSPS) is 24.5. The van der Waals surface area contributed by atoms with E-state index in [0.717, 1.165) is 0 Å². The van der Waals surface area contributed by atoms with Gasteiger partial charge in [0, 0.05) is 36.3 Å². The maximum atomic E-state index is 12.4. The number of phenols is 1. The Kier molecular flexibility index (Phi) is 5.53. The van der Waals surface area contributed by atoms with Crippen LogP contribution >= 0.6 is 23.2 Å². The van der Waals surface area contributed by atoms with E-state index in [2.05, 4.69) is 0 Å². The molecule has 2 atom stereocenters. The van der Waals surface area contributed by atoms with E-state index in [9.17, 15) is 15.0 Å². The van der Waals surface area contributed by atoms with Gasteiger partial charge in [0.25, 0.3) is 5.91 Å². The number of ether oxygens (including phenoxy) is 1. The van der Waals surface area contributed by atoms with Gasteiger partial charge in [-0.2, -0.15) is 0 Å². The van der Waals surface area contributed by atoms with Gasteiger partial charge in [0.15, 0.2) is 6.10 Å². The molecule has 2 heterocycles. The lowest BCUT2D eigenvalue weighted by Gasteiger charge is -2.34. The number of piperidine rings is 1. The molecule has 8 heteroatoms. The number of amides is 1. The molecule has 2 fully saturated rings. The standard InChI is InChI=1S/C17H20Cl2N2O4/c18-11-7-10(14(23)8-12(11)19)15(20)9-1-4-21(5-2-9)17(24)16-13(22)3-6-25-16/h7-9,13,16,20,22-23H,1-6H2/t13-,16+/m0/s1. The third kappa shape index (κ3) is 3.77. The number of nitrogens with one attached hydrogen (secondary N) is 1. The van der Waals surface area contributed by atoms with Gasteiger partial charge in [0.1, 0.15) is 5.75 Å². The second-order valence-corrected chi connectivity index (χ2v) is 7.26. The molecule has 0 radical (unpaired) electrons. The van der Waals surface area contributed by atoms with Crippen LogP contribution in [0.5, 0.6) is 5.75 Å². The minimum atomic E-state index is -0.768. The first-order chi connectivity index (χ1) is 11.9. The smallest absolute Gasteiger partial charge is 0.254 e. The fourth-order valence-electron chi connectivity index (χ4n) is 3.35. The van der Waals surface area contributed by atoms with Crippen molar-refractivity contribution in [3.63, 3.8) is 0 Å². The van der Waals surface area contributed by atoms with Gasteiger partial charge in [-0.05, 0) is 25.3 Å². The van der Waals surface area contributed by atoms with Crippen molar-refractivity contribution in [2.75, 3.05) is 19.7 Å². The van der Waals surface area contributed by atoms with Crippen LogP contribution in [0, 0.1) is 11.3 Å². The average Bonchev–Trinajstić information content (AvgIpc) is 3.03. The van der Waals surface area contributed by atoms with Crippen LogP contribution in [0.25, 0.3) is 0 Å². The molecule has 0 spiro atoms. The maximum absolute atomic E-state index is 12.4. The number of benzene rings is 1. The number of rotatable bonds is 3. The molecule has 2 aliphatic rings. The predicted molar refractivity (Wildman–Crippen MR) is 94.6 cm³/mol. The molecule has 3 rings (SSSR count). The lowest BCUT2D eigenvalue weighted by atomic mass is 9.87. The highest BCUT2D eigenvalue weighted by atomic mass is 35.5. The van der Waals surface area contributed by atoms with Crippen molar-refractivity contribution in [2.24, 2.45) is 5.92 Å². The Hall–Kier alpha value is -1.34. The van der Waals surface area contributed by atoms with Crippen molar-refractivity contribution in [2.45, 2.75) is 31.5 Å². The minimum Gasteiger partial charge on any atom is -0.507 e. The third-order valence-corrected chi connectivity index (χ3v) is 5.57. The van der Waals surface area contributed by atoms with E-state index in [1.165, 1.54) is 12.1 Å². The number of hydrogen-bond donors (Lipinski definition) is 3. The number of carbonyl (C=O) groups is 1. The largest absolute Gasteiger partial charge is 0.507 e. The molecular weight excluding hydrogens is 367 g/mol. The van der Waals surface area contributed by atoms with Crippen LogP contribution in [-0.4, -0.2) is 58.6 Å². The summed E-state index contributed by atoms with van der Waals surface area (Å²) in [4.78, 5) is 14.1. The van der Waals surface area contributed by atoms with Crippen molar-refractivity contribution in [3.8, 4) is 5.75 Å². The number of aliphatic hydroxyl groups excluding tert-OH is 1. The van der Waals surface area contributed by atoms with Gasteiger partial charge >= 0.3 is 0 Å². The van der Waals surface area contributed by atoms with E-state index >= 15 is 0 Å². The van der Waals surface area contributed by atoms with Crippen molar-refractivity contribution in [1.29, 1.82) is 5.41 Å². The number of aromatic hydroxyl groups is 1. The Balaban J connectivity index is 1.63. The Morgan fingerprint density at radius 3 is 2.44 bits per heavy atom. The van der Waals surface area contributed by atoms with Gasteiger partial charge in [-0.15, -0.1) is 0 Å². The van der Waals surface area contributed by atoms with Crippen LogP contribution in [-0.2, 0) is 9.53 Å². The van der Waals surface area contributed by atoms with Crippen molar-refractivity contribution in [3.05, 3.63) is 27.7 Å². The van der Waals surface area contributed by atoms with E-state index < -0.39 is 12.2 Å². The number of halogens is 2. The topological polar surface area (TPSA) is 93.9 Å². The summed E-state index contributed by atoms with van der Waals surface area (Å²) < 4.78 is 5.32. The van der Waals surface area contributed by atoms with E-state index in [4.69, 9.17) is 33.3 Å². The van der Waals surface area contributed by atoms with Crippen LogP contribution in [0.1, 0.15) is 24.8 Å². The van der Waals surface area contributed by atoms with Crippen LogP contribution in [0.3, 0.4) is 0 Å².